The smallest absolute Gasteiger partial charge is 0.462 e. The molecule has 19 heteroatoms. The molecule has 0 aliphatic carbocycles. The Balaban J connectivity index is 5.27. The lowest BCUT2D eigenvalue weighted by atomic mass is 10.0. The predicted molar refractivity (Wildman–Crippen MR) is 409 cm³/mol. The van der Waals surface area contributed by atoms with Crippen molar-refractivity contribution in [2.45, 2.75) is 431 Å². The highest BCUT2D eigenvalue weighted by molar-refractivity contribution is 7.47. The number of hydrogen-bond donors (Lipinski definition) is 3. The van der Waals surface area contributed by atoms with Gasteiger partial charge in [-0.15, -0.1) is 0 Å². The van der Waals surface area contributed by atoms with Crippen LogP contribution in [0.2, 0.25) is 0 Å². The number of esters is 4. The molecule has 3 N–H and O–H groups in total. The molecule has 0 aliphatic heterocycles. The summed E-state index contributed by atoms with van der Waals surface area (Å²) >= 11 is 0. The van der Waals surface area contributed by atoms with Gasteiger partial charge in [-0.05, 0) is 51.4 Å². The molecule has 0 fully saturated rings. The average molecular weight is 1460 g/mol. The van der Waals surface area contributed by atoms with Crippen LogP contribution in [0.25, 0.3) is 0 Å². The molecule has 17 nitrogen and oxygen atoms in total. The first-order valence-corrected chi connectivity index (χ1v) is 44.6. The Morgan fingerprint density at radius 2 is 0.480 bits per heavy atom. The number of rotatable bonds is 80. The first kappa shape index (κ1) is 97.5. The molecule has 0 radical (unpaired) electrons. The maximum absolute atomic E-state index is 13.1. The summed E-state index contributed by atoms with van der Waals surface area (Å²) in [5, 5.41) is 10.6. The van der Waals surface area contributed by atoms with Gasteiger partial charge in [0.1, 0.15) is 19.3 Å². The van der Waals surface area contributed by atoms with Gasteiger partial charge >= 0.3 is 39.5 Å². The minimum absolute atomic E-state index is 0.102. The van der Waals surface area contributed by atoms with Crippen molar-refractivity contribution in [1.29, 1.82) is 0 Å². The van der Waals surface area contributed by atoms with Crippen molar-refractivity contribution in [3.63, 3.8) is 0 Å². The number of allylic oxidation sites excluding steroid dienone is 4. The summed E-state index contributed by atoms with van der Waals surface area (Å²) in [7, 11) is -9.93. The fourth-order valence-corrected chi connectivity index (χ4v) is 13.7. The van der Waals surface area contributed by atoms with Gasteiger partial charge in [-0.1, -0.05) is 360 Å². The average Bonchev–Trinajstić information content (AvgIpc) is 0.966. The van der Waals surface area contributed by atoms with Gasteiger partial charge in [0, 0.05) is 25.7 Å². The van der Waals surface area contributed by atoms with E-state index in [2.05, 4.69) is 52.0 Å². The number of carbonyl (C=O) groups is 4. The van der Waals surface area contributed by atoms with E-state index in [9.17, 15) is 43.2 Å². The fraction of sp³-hybridized carbons (Fsp3) is 0.901. The summed E-state index contributed by atoms with van der Waals surface area (Å²) in [6.07, 6.45) is 70.1. The van der Waals surface area contributed by atoms with Crippen molar-refractivity contribution in [2.75, 3.05) is 39.6 Å². The highest BCUT2D eigenvalue weighted by Crippen LogP contribution is 2.45. The third-order valence-electron chi connectivity index (χ3n) is 18.5. The lowest BCUT2D eigenvalue weighted by molar-refractivity contribution is -0.161. The normalized spacial score (nSPS) is 13.9. The molecule has 0 aliphatic rings. The lowest BCUT2D eigenvalue weighted by Crippen LogP contribution is -2.30. The molecule has 2 unspecified atom stereocenters. The van der Waals surface area contributed by atoms with Gasteiger partial charge in [0.15, 0.2) is 12.2 Å². The molecule has 0 heterocycles. The maximum Gasteiger partial charge on any atom is 0.472 e. The maximum atomic E-state index is 13.1. The molecule has 0 amide bonds. The summed E-state index contributed by atoms with van der Waals surface area (Å²) in [6, 6.07) is 0. The van der Waals surface area contributed by atoms with Crippen molar-refractivity contribution in [3.8, 4) is 0 Å². The van der Waals surface area contributed by atoms with Crippen LogP contribution in [0.15, 0.2) is 24.3 Å². The Morgan fingerprint density at radius 3 is 0.730 bits per heavy atom. The molecular formula is C81H154O17P2. The summed E-state index contributed by atoms with van der Waals surface area (Å²) < 4.78 is 68.7. The van der Waals surface area contributed by atoms with E-state index in [4.69, 9.17) is 37.0 Å². The topological polar surface area (TPSA) is 237 Å². The quantitative estimate of drug-likeness (QED) is 0.0169. The van der Waals surface area contributed by atoms with Crippen molar-refractivity contribution >= 4 is 39.5 Å². The third-order valence-corrected chi connectivity index (χ3v) is 20.4. The van der Waals surface area contributed by atoms with E-state index in [1.165, 1.54) is 225 Å². The predicted octanol–water partition coefficient (Wildman–Crippen LogP) is 24.1. The molecule has 0 saturated carbocycles. The third kappa shape index (κ3) is 73.8. The number of phosphoric ester groups is 2. The number of phosphoric acid groups is 2. The van der Waals surface area contributed by atoms with Gasteiger partial charge in [-0.3, -0.25) is 37.3 Å². The highest BCUT2D eigenvalue weighted by Gasteiger charge is 2.30. The number of ether oxygens (including phenoxy) is 4. The standard InChI is InChI=1S/C81H154O17P2/c1-5-9-13-17-21-25-29-32-35-36-37-38-41-44-48-52-56-60-64-68-81(86)98-77(72-92-79(84)66-62-58-54-50-46-42-39-33-30-26-22-18-14-10-6-2)74-96-100(89,90)94-70-75(82)69-93-99(87,88)95-73-76(71-91-78(83)65-61-57-53-49-45-28-24-20-16-12-8-4)97-80(85)67-63-59-55-51-47-43-40-34-31-27-23-19-15-11-7-3/h26,30,33,39,75-77,82H,5-25,27-29,31-32,34-38,40-74H2,1-4H3,(H,87,88)(H,89,90)/b30-26-,39-33-/t75-,76+,77+/m0/s1. The SMILES string of the molecule is CCCCCC/C=C\C=C/CCCCCCCC(=O)OC[C@H](COP(=O)(O)OC[C@@H](O)COP(=O)(O)OC[C@@H](COC(=O)CCCCCCCCCCCCC)OC(=O)CCCCCCCCCCCCCCCCC)OC(=O)CCCCCCCCCCCCCCCCCCCCC. The molecule has 0 spiro atoms. The Hall–Kier alpha value is -2.46. The second kappa shape index (κ2) is 74.8. The Labute approximate surface area is 612 Å². The molecule has 100 heavy (non-hydrogen) atoms. The fourth-order valence-electron chi connectivity index (χ4n) is 12.1. The molecule has 590 valence electrons. The zero-order valence-corrected chi connectivity index (χ0v) is 66.5. The van der Waals surface area contributed by atoms with Crippen LogP contribution in [-0.2, 0) is 65.4 Å². The number of carbonyl (C=O) groups excluding carboxylic acids is 4. The van der Waals surface area contributed by atoms with Gasteiger partial charge in [-0.25, -0.2) is 9.13 Å². The molecule has 0 aromatic carbocycles. The van der Waals surface area contributed by atoms with E-state index < -0.39 is 97.5 Å². The zero-order valence-electron chi connectivity index (χ0n) is 64.7. The lowest BCUT2D eigenvalue weighted by Gasteiger charge is -2.21. The first-order chi connectivity index (χ1) is 48.7. The number of aliphatic hydroxyl groups is 1. The second-order valence-electron chi connectivity index (χ2n) is 28.5. The molecule has 0 saturated heterocycles. The van der Waals surface area contributed by atoms with Gasteiger partial charge in [0.2, 0.25) is 0 Å². The molecule has 5 atom stereocenters. The van der Waals surface area contributed by atoms with E-state index in [-0.39, 0.29) is 25.7 Å². The summed E-state index contributed by atoms with van der Waals surface area (Å²) in [5.41, 5.74) is 0. The van der Waals surface area contributed by atoms with Crippen molar-refractivity contribution in [3.05, 3.63) is 24.3 Å². The molecule has 0 rings (SSSR count). The molecular weight excluding hydrogens is 1310 g/mol. The van der Waals surface area contributed by atoms with Crippen LogP contribution in [0.3, 0.4) is 0 Å². The molecule has 0 aromatic heterocycles. The van der Waals surface area contributed by atoms with E-state index in [1.54, 1.807) is 0 Å². The van der Waals surface area contributed by atoms with Crippen LogP contribution < -0.4 is 0 Å². The van der Waals surface area contributed by atoms with Crippen LogP contribution in [-0.4, -0.2) is 96.7 Å². The zero-order chi connectivity index (χ0) is 73.2. The van der Waals surface area contributed by atoms with E-state index in [0.29, 0.717) is 25.7 Å². The largest absolute Gasteiger partial charge is 0.472 e. The van der Waals surface area contributed by atoms with Crippen LogP contribution in [0.1, 0.15) is 413 Å². The van der Waals surface area contributed by atoms with Crippen LogP contribution >= 0.6 is 15.6 Å². The highest BCUT2D eigenvalue weighted by atomic mass is 31.2. The summed E-state index contributed by atoms with van der Waals surface area (Å²) in [6.45, 7) is 4.96. The van der Waals surface area contributed by atoms with E-state index in [1.807, 2.05) is 0 Å². The first-order valence-electron chi connectivity index (χ1n) is 41.6. The number of hydrogen-bond acceptors (Lipinski definition) is 15. The van der Waals surface area contributed by atoms with Crippen LogP contribution in [0, 0.1) is 0 Å². The summed E-state index contributed by atoms with van der Waals surface area (Å²) in [4.78, 5) is 73.0. The monoisotopic (exact) mass is 1460 g/mol. The number of aliphatic hydroxyl groups excluding tert-OH is 1. The minimum atomic E-state index is -4.97. The van der Waals surface area contributed by atoms with Crippen molar-refractivity contribution in [1.82, 2.24) is 0 Å². The van der Waals surface area contributed by atoms with Gasteiger partial charge in [-0.2, -0.15) is 0 Å². The van der Waals surface area contributed by atoms with Crippen LogP contribution in [0.4, 0.5) is 0 Å². The Morgan fingerprint density at radius 1 is 0.280 bits per heavy atom. The van der Waals surface area contributed by atoms with E-state index >= 15 is 0 Å². The second-order valence-corrected chi connectivity index (χ2v) is 31.4. The van der Waals surface area contributed by atoms with Crippen LogP contribution in [0.5, 0.6) is 0 Å². The number of unbranched alkanes of at least 4 members (excludes halogenated alkanes) is 51. The van der Waals surface area contributed by atoms with Gasteiger partial charge in [0.05, 0.1) is 26.4 Å². The Bertz CT molecular complexity index is 1990. The van der Waals surface area contributed by atoms with Crippen molar-refractivity contribution in [2.24, 2.45) is 0 Å². The van der Waals surface area contributed by atoms with E-state index in [0.717, 1.165) is 109 Å². The molecule has 0 aromatic rings. The van der Waals surface area contributed by atoms with Gasteiger partial charge < -0.3 is 33.8 Å². The van der Waals surface area contributed by atoms with Crippen molar-refractivity contribution < 1.29 is 80.2 Å². The minimum Gasteiger partial charge on any atom is -0.462 e. The molecule has 0 bridgehead atoms. The Kier molecular flexibility index (Phi) is 73.0. The van der Waals surface area contributed by atoms with Gasteiger partial charge in [0.25, 0.3) is 0 Å². The summed E-state index contributed by atoms with van der Waals surface area (Å²) in [5.74, 6) is -2.13.